The van der Waals surface area contributed by atoms with Gasteiger partial charge in [0.05, 0.1) is 13.2 Å². The summed E-state index contributed by atoms with van der Waals surface area (Å²) >= 11 is 0. The van der Waals surface area contributed by atoms with Crippen LogP contribution in [0.15, 0.2) is 0 Å². The first kappa shape index (κ1) is 9.20. The van der Waals surface area contributed by atoms with Crippen molar-refractivity contribution < 1.29 is 10.2 Å². The van der Waals surface area contributed by atoms with E-state index in [1.54, 1.807) is 0 Å². The molecule has 0 fully saturated rings. The Labute approximate surface area is 47.5 Å². The molecule has 0 aromatic rings. The Morgan fingerprint density at radius 1 is 1.00 bits per heavy atom. The van der Waals surface area contributed by atoms with Crippen molar-refractivity contribution in [2.24, 2.45) is 0 Å². The summed E-state index contributed by atoms with van der Waals surface area (Å²) in [7, 11) is 0. The second kappa shape index (κ2) is 8.83. The predicted molar refractivity (Wildman–Crippen MR) is 22.7 cm³/mol. The van der Waals surface area contributed by atoms with Gasteiger partial charge < -0.3 is 10.2 Å². The summed E-state index contributed by atoms with van der Waals surface area (Å²) in [5, 5.41) is 15.2. The molecule has 0 bridgehead atoms. The minimum absolute atomic E-state index is 0. The molecule has 2 nitrogen and oxygen atoms in total. The van der Waals surface area contributed by atoms with Crippen LogP contribution in [0.3, 0.4) is 0 Å². The molecule has 0 saturated heterocycles. The molecule has 0 aliphatic carbocycles. The van der Waals surface area contributed by atoms with Gasteiger partial charge in [-0.05, 0) is 0 Å². The number of hydrogen-bond donors (Lipinski definition) is 2. The van der Waals surface area contributed by atoms with Crippen LogP contribution in [0, 0.1) is 0 Å². The third kappa shape index (κ3) is 11.8. The third-order valence-corrected chi connectivity index (χ3v) is 0.1000. The molecule has 0 aliphatic rings. The van der Waals surface area contributed by atoms with Gasteiger partial charge in [0, 0.05) is 0 Å². The van der Waals surface area contributed by atoms with E-state index in [0.29, 0.717) is 0 Å². The molecule has 0 atom stereocenters. The summed E-state index contributed by atoms with van der Waals surface area (Å²) in [5.41, 5.74) is 0. The van der Waals surface area contributed by atoms with Gasteiger partial charge in [-0.25, -0.2) is 0 Å². The zero-order chi connectivity index (χ0) is 3.41. The zero-order valence-electron chi connectivity index (χ0n) is 2.81. The zero-order valence-corrected chi connectivity index (χ0v) is 5.66. The Morgan fingerprint density at radius 2 is 1.20 bits per heavy atom. The molecule has 0 amide bonds. The molecule has 5 heavy (non-hydrogen) atoms. The predicted octanol–water partition coefficient (Wildman–Crippen LogP) is -1.95. The summed E-state index contributed by atoms with van der Waals surface area (Å²) in [5.74, 6) is 0. The first-order valence-corrected chi connectivity index (χ1v) is 1.13. The van der Waals surface area contributed by atoms with E-state index >= 15 is 0 Å². The molecule has 0 radical (unpaired) electrons. The summed E-state index contributed by atoms with van der Waals surface area (Å²) in [4.78, 5) is 0. The van der Waals surface area contributed by atoms with Crippen molar-refractivity contribution in [1.29, 1.82) is 0 Å². The van der Waals surface area contributed by atoms with Crippen molar-refractivity contribution in [3.8, 4) is 0 Å². The molecule has 0 rings (SSSR count). The molecule has 0 saturated carbocycles. The SMILES string of the molecule is OCCO.[TeH2]. The van der Waals surface area contributed by atoms with Crippen LogP contribution >= 0.6 is 0 Å². The van der Waals surface area contributed by atoms with Crippen molar-refractivity contribution in [3.05, 3.63) is 0 Å². The van der Waals surface area contributed by atoms with Gasteiger partial charge >= 0.3 is 23.7 Å². The standard InChI is InChI=1S/C2H6O2.H2Te/c3-1-2-4;/h3-4H,1-2H2;1H2. The van der Waals surface area contributed by atoms with Gasteiger partial charge in [-0.1, -0.05) is 0 Å². The molecule has 0 aromatic carbocycles. The molecular formula is C2H8O2Te. The first-order chi connectivity index (χ1) is 1.91. The van der Waals surface area contributed by atoms with E-state index in [9.17, 15) is 0 Å². The Balaban J connectivity index is 0. The maximum atomic E-state index is 7.62. The van der Waals surface area contributed by atoms with E-state index in [-0.39, 0.29) is 36.9 Å². The van der Waals surface area contributed by atoms with Crippen LogP contribution < -0.4 is 0 Å². The average Bonchev–Trinajstić information content (AvgIpc) is 1.37. The second-order valence-electron chi connectivity index (χ2n) is 0.447. The van der Waals surface area contributed by atoms with Crippen LogP contribution in [-0.2, 0) is 0 Å². The molecule has 0 aliphatic heterocycles. The maximum absolute atomic E-state index is 7.62. The van der Waals surface area contributed by atoms with E-state index < -0.39 is 0 Å². The van der Waals surface area contributed by atoms with Crippen LogP contribution in [-0.4, -0.2) is 47.1 Å². The van der Waals surface area contributed by atoms with Gasteiger partial charge in [-0.3, -0.25) is 0 Å². The van der Waals surface area contributed by atoms with Crippen molar-refractivity contribution >= 4 is 23.7 Å². The summed E-state index contributed by atoms with van der Waals surface area (Å²) in [6.45, 7) is -0.250. The van der Waals surface area contributed by atoms with Crippen molar-refractivity contribution in [2.75, 3.05) is 13.2 Å². The monoisotopic (exact) mass is 194 g/mol. The van der Waals surface area contributed by atoms with Crippen LogP contribution in [0.5, 0.6) is 0 Å². The third-order valence-electron chi connectivity index (χ3n) is 0.1000. The van der Waals surface area contributed by atoms with E-state index in [4.69, 9.17) is 10.2 Å². The van der Waals surface area contributed by atoms with Crippen LogP contribution in [0.2, 0.25) is 0 Å². The Morgan fingerprint density at radius 3 is 1.20 bits per heavy atom. The van der Waals surface area contributed by atoms with Gasteiger partial charge in [0.1, 0.15) is 0 Å². The van der Waals surface area contributed by atoms with Gasteiger partial charge in [-0.15, -0.1) is 0 Å². The number of hydrogen-bond acceptors (Lipinski definition) is 2. The quantitative estimate of drug-likeness (QED) is 0.474. The average molecular weight is 192 g/mol. The van der Waals surface area contributed by atoms with Crippen LogP contribution in [0.25, 0.3) is 0 Å². The fraction of sp³-hybridized carbons (Fsp3) is 1.00. The number of aliphatic hydroxyl groups excluding tert-OH is 2. The fourth-order valence-electron chi connectivity index (χ4n) is 0. The number of rotatable bonds is 1. The van der Waals surface area contributed by atoms with E-state index in [2.05, 4.69) is 0 Å². The Kier molecular flexibility index (Phi) is 16.2. The molecular weight excluding hydrogens is 184 g/mol. The second-order valence-corrected chi connectivity index (χ2v) is 0.447. The molecule has 2 N–H and O–H groups in total. The number of aliphatic hydroxyl groups is 2. The summed E-state index contributed by atoms with van der Waals surface area (Å²) in [6.07, 6.45) is 0. The van der Waals surface area contributed by atoms with Gasteiger partial charge in [0.2, 0.25) is 0 Å². The summed E-state index contributed by atoms with van der Waals surface area (Å²) in [6, 6.07) is 0. The molecule has 34 valence electrons. The normalized spacial score (nSPS) is 6.00. The van der Waals surface area contributed by atoms with Gasteiger partial charge in [0.15, 0.2) is 0 Å². The molecule has 0 heterocycles. The first-order valence-electron chi connectivity index (χ1n) is 1.13. The molecule has 0 spiro atoms. The molecule has 0 unspecified atom stereocenters. The van der Waals surface area contributed by atoms with Gasteiger partial charge in [0.25, 0.3) is 0 Å². The van der Waals surface area contributed by atoms with Crippen molar-refractivity contribution in [3.63, 3.8) is 0 Å². The van der Waals surface area contributed by atoms with Crippen molar-refractivity contribution in [1.82, 2.24) is 0 Å². The molecule has 3 heteroatoms. The topological polar surface area (TPSA) is 40.5 Å². The molecule has 0 aromatic heterocycles. The van der Waals surface area contributed by atoms with Crippen LogP contribution in [0.4, 0.5) is 0 Å². The van der Waals surface area contributed by atoms with Crippen LogP contribution in [0.1, 0.15) is 0 Å². The Hall–Kier alpha value is 0.710. The van der Waals surface area contributed by atoms with Gasteiger partial charge in [-0.2, -0.15) is 0 Å². The van der Waals surface area contributed by atoms with E-state index in [1.165, 1.54) is 0 Å². The minimum atomic E-state index is -0.125. The fourth-order valence-corrected chi connectivity index (χ4v) is 0. The van der Waals surface area contributed by atoms with E-state index in [1.807, 2.05) is 0 Å². The van der Waals surface area contributed by atoms with Crippen molar-refractivity contribution in [2.45, 2.75) is 0 Å². The summed E-state index contributed by atoms with van der Waals surface area (Å²) < 4.78 is 0. The van der Waals surface area contributed by atoms with E-state index in [0.717, 1.165) is 0 Å². The Bertz CT molecular complexity index is 9.61.